The molecule has 0 aliphatic carbocycles. The van der Waals surface area contributed by atoms with Gasteiger partial charge in [0, 0.05) is 58.2 Å². The number of rotatable bonds is 10. The Hall–Kier alpha value is -4.62. The van der Waals surface area contributed by atoms with Crippen LogP contribution < -0.4 is 10.6 Å². The molecule has 248 valence electrons. The number of fused-ring (bicyclic) bond motifs is 3. The van der Waals surface area contributed by atoms with E-state index < -0.39 is 20.0 Å². The van der Waals surface area contributed by atoms with Gasteiger partial charge in [0.1, 0.15) is 0 Å². The fourth-order valence-corrected chi connectivity index (χ4v) is 10.4. The van der Waals surface area contributed by atoms with Crippen molar-refractivity contribution in [2.45, 2.75) is 62.6 Å². The minimum absolute atomic E-state index is 0.0964. The number of nitrogens with one attached hydrogen (secondary N) is 3. The molecule has 0 radical (unpaired) electrons. The highest BCUT2D eigenvalue weighted by Crippen LogP contribution is 2.58. The molecule has 1 saturated heterocycles. The molecule has 5 N–H and O–H groups in total. The summed E-state index contributed by atoms with van der Waals surface area (Å²) in [5, 5.41) is 25.8. The number of ether oxygens (including phenoxy) is 1. The number of carbonyl (C=O) groups excluding carboxylic acids is 2. The molecule has 1 fully saturated rings. The number of carbonyl (C=O) groups is 2. The lowest BCUT2D eigenvalue weighted by Crippen LogP contribution is -2.43. The first-order valence-corrected chi connectivity index (χ1v) is 19.4. The van der Waals surface area contributed by atoms with E-state index in [0.717, 1.165) is 22.0 Å². The summed E-state index contributed by atoms with van der Waals surface area (Å²) in [4.78, 5) is 41.8. The summed E-state index contributed by atoms with van der Waals surface area (Å²) >= 11 is 0. The summed E-state index contributed by atoms with van der Waals surface area (Å²) in [6.45, 7) is 6.11. The highest BCUT2D eigenvalue weighted by Gasteiger charge is 2.64. The van der Waals surface area contributed by atoms with E-state index >= 15 is 0 Å². The maximum Gasteiger partial charge on any atom is 0.261 e. The Morgan fingerprint density at radius 1 is 1.12 bits per heavy atom. The van der Waals surface area contributed by atoms with E-state index in [-0.39, 0.29) is 42.2 Å². The number of aliphatic hydroxyl groups is 1. The van der Waals surface area contributed by atoms with Crippen LogP contribution in [0.4, 0.5) is 11.4 Å². The van der Waals surface area contributed by atoms with Crippen molar-refractivity contribution in [3.8, 4) is 0 Å². The third-order valence-electron chi connectivity index (χ3n) is 9.99. The lowest BCUT2D eigenvalue weighted by molar-refractivity contribution is -0.143. The van der Waals surface area contributed by atoms with Gasteiger partial charge in [-0.25, -0.2) is 0 Å². The van der Waals surface area contributed by atoms with Crippen molar-refractivity contribution in [1.29, 1.82) is 0 Å². The van der Waals surface area contributed by atoms with Crippen LogP contribution in [-0.4, -0.2) is 62.7 Å². The number of H-pyrrole nitrogens is 1. The number of aromatic nitrogens is 4. The van der Waals surface area contributed by atoms with Crippen LogP contribution >= 0.6 is 0 Å². The maximum absolute atomic E-state index is 13.8. The molecule has 7 rings (SSSR count). The van der Waals surface area contributed by atoms with E-state index in [1.165, 1.54) is 0 Å². The Morgan fingerprint density at radius 3 is 2.67 bits per heavy atom. The van der Waals surface area contributed by atoms with Gasteiger partial charge in [-0.05, 0) is 54.9 Å². The average molecular weight is 665 g/mol. The number of amides is 2. The molecule has 12 heteroatoms. The van der Waals surface area contributed by atoms with Gasteiger partial charge < -0.3 is 30.3 Å². The zero-order chi connectivity index (χ0) is 33.6. The van der Waals surface area contributed by atoms with Gasteiger partial charge in [-0.1, -0.05) is 60.7 Å². The second kappa shape index (κ2) is 12.4. The molecule has 5 aromatic rings. The van der Waals surface area contributed by atoms with Gasteiger partial charge in [-0.15, -0.1) is 5.10 Å². The van der Waals surface area contributed by atoms with Crippen LogP contribution in [0.2, 0.25) is 18.6 Å². The summed E-state index contributed by atoms with van der Waals surface area (Å²) in [7, 11) is -2.85. The van der Waals surface area contributed by atoms with E-state index in [2.05, 4.69) is 25.9 Å². The van der Waals surface area contributed by atoms with Crippen molar-refractivity contribution >= 4 is 42.4 Å². The number of nitrogens with zero attached hydrogens (tertiary/aromatic N) is 3. The molecular weight excluding hydrogens is 625 g/mol. The molecule has 2 amide bonds. The fraction of sp³-hybridized carbons (Fsp3) is 0.333. The predicted octanol–water partition coefficient (Wildman–Crippen LogP) is 4.91. The van der Waals surface area contributed by atoms with Crippen molar-refractivity contribution in [3.05, 3.63) is 108 Å². The van der Waals surface area contributed by atoms with Gasteiger partial charge in [-0.3, -0.25) is 14.3 Å². The quantitative estimate of drug-likeness (QED) is 0.133. The van der Waals surface area contributed by atoms with Crippen LogP contribution in [0.5, 0.6) is 0 Å². The molecule has 48 heavy (non-hydrogen) atoms. The van der Waals surface area contributed by atoms with Crippen LogP contribution in [0.15, 0.2) is 85.2 Å². The molecule has 0 saturated carbocycles. The number of anilines is 2. The second-order valence-corrected chi connectivity index (χ2v) is 17.5. The monoisotopic (exact) mass is 664 g/mol. The Morgan fingerprint density at radius 2 is 1.90 bits per heavy atom. The third-order valence-corrected chi connectivity index (χ3v) is 12.5. The van der Waals surface area contributed by atoms with Crippen molar-refractivity contribution in [1.82, 2.24) is 20.0 Å². The van der Waals surface area contributed by atoms with Crippen molar-refractivity contribution < 1.29 is 24.2 Å². The number of aromatic amines is 1. The van der Waals surface area contributed by atoms with Gasteiger partial charge in [-0.2, -0.15) is 0 Å². The first-order chi connectivity index (χ1) is 23.1. The number of aliphatic hydroxyl groups excluding tert-OH is 1. The molecule has 0 bridgehead atoms. The van der Waals surface area contributed by atoms with E-state index in [4.69, 9.17) is 4.74 Å². The predicted molar refractivity (Wildman–Crippen MR) is 185 cm³/mol. The Labute approximate surface area is 279 Å². The standard InChI is InChI=1S/C36H40N6O5Si/c1-22-34(48(2,3)46)32(15-16-42-20-31(40-41-42)27(21-43)23-9-5-4-6-10-23)47-36(22)28-18-25(13-14-30(28)39-35(36)45)38-33(44)17-24-19-37-29-12-8-7-11-26(24)29/h4-14,18-20,22,27,32,34,37,43,46H,15-17,21H2,1-3H3,(H,38,44)(H,39,45)/t22-,27?,32+,34-,36+/m1/s1. The van der Waals surface area contributed by atoms with E-state index in [1.807, 2.05) is 93.1 Å². The van der Waals surface area contributed by atoms with Gasteiger partial charge in [0.15, 0.2) is 13.9 Å². The highest BCUT2D eigenvalue weighted by molar-refractivity contribution is 6.71. The summed E-state index contributed by atoms with van der Waals surface area (Å²) in [5.41, 5.74) is 3.77. The Kier molecular flexibility index (Phi) is 8.28. The summed E-state index contributed by atoms with van der Waals surface area (Å²) < 4.78 is 8.53. The first kappa shape index (κ1) is 31.9. The first-order valence-electron chi connectivity index (χ1n) is 16.4. The molecule has 2 aliphatic rings. The minimum atomic E-state index is -2.85. The van der Waals surface area contributed by atoms with Crippen LogP contribution in [-0.2, 0) is 32.9 Å². The molecule has 4 heterocycles. The van der Waals surface area contributed by atoms with Gasteiger partial charge in [0.05, 0.1) is 30.7 Å². The number of hydrogen-bond acceptors (Lipinski definition) is 7. The van der Waals surface area contributed by atoms with Crippen LogP contribution in [0.3, 0.4) is 0 Å². The molecule has 11 nitrogen and oxygen atoms in total. The van der Waals surface area contributed by atoms with Crippen LogP contribution in [0, 0.1) is 5.92 Å². The summed E-state index contributed by atoms with van der Waals surface area (Å²) in [5.74, 6) is -1.07. The largest absolute Gasteiger partial charge is 0.432 e. The van der Waals surface area contributed by atoms with E-state index in [9.17, 15) is 19.5 Å². The van der Waals surface area contributed by atoms with E-state index in [1.54, 1.807) is 16.8 Å². The smallest absolute Gasteiger partial charge is 0.261 e. The number of hydrogen-bond donors (Lipinski definition) is 5. The third kappa shape index (κ3) is 5.64. The SMILES string of the molecule is C[C@@H]1[C@@H]([Si](C)(C)O)[C@H](CCn2cc(C(CO)c3ccccc3)nn2)O[C@@]12C(=O)Nc1ccc(NC(=O)Cc3c[nH]c4ccccc34)cc12. The molecule has 1 unspecified atom stereocenters. The zero-order valence-corrected chi connectivity index (χ0v) is 28.2. The topological polar surface area (TPSA) is 154 Å². The lowest BCUT2D eigenvalue weighted by Gasteiger charge is -2.32. The van der Waals surface area contributed by atoms with Gasteiger partial charge in [0.25, 0.3) is 5.91 Å². The molecule has 5 atom stereocenters. The molecular formula is C36H40N6O5Si. The van der Waals surface area contributed by atoms with Gasteiger partial charge in [0.2, 0.25) is 5.91 Å². The van der Waals surface area contributed by atoms with Crippen molar-refractivity contribution in [3.63, 3.8) is 0 Å². The minimum Gasteiger partial charge on any atom is -0.432 e. The van der Waals surface area contributed by atoms with Gasteiger partial charge >= 0.3 is 0 Å². The number of aryl methyl sites for hydroxylation is 1. The van der Waals surface area contributed by atoms with Crippen molar-refractivity contribution in [2.24, 2.45) is 5.92 Å². The number of para-hydroxylation sites is 1. The Balaban J connectivity index is 1.11. The zero-order valence-electron chi connectivity index (χ0n) is 27.2. The number of benzene rings is 3. The normalized spacial score (nSPS) is 22.6. The van der Waals surface area contributed by atoms with Crippen LogP contribution in [0.1, 0.15) is 41.6 Å². The maximum atomic E-state index is 13.8. The summed E-state index contributed by atoms with van der Waals surface area (Å²) in [6.07, 6.45) is 3.95. The molecule has 2 aromatic heterocycles. The van der Waals surface area contributed by atoms with E-state index in [0.29, 0.717) is 35.6 Å². The lowest BCUT2D eigenvalue weighted by atomic mass is 9.82. The average Bonchev–Trinajstić information content (AvgIpc) is 3.83. The fourth-order valence-electron chi connectivity index (χ4n) is 7.80. The Bertz CT molecular complexity index is 1970. The second-order valence-electron chi connectivity index (χ2n) is 13.5. The molecule has 2 aliphatic heterocycles. The highest BCUT2D eigenvalue weighted by atomic mass is 28.4. The molecule has 3 aromatic carbocycles. The van der Waals surface area contributed by atoms with Crippen molar-refractivity contribution in [2.75, 3.05) is 17.2 Å². The summed E-state index contributed by atoms with van der Waals surface area (Å²) in [6, 6.07) is 23.0. The molecule has 1 spiro atoms. The van der Waals surface area contributed by atoms with Crippen LogP contribution in [0.25, 0.3) is 10.9 Å².